The molecule has 0 radical (unpaired) electrons. The van der Waals surface area contributed by atoms with E-state index in [1.165, 1.54) is 0 Å². The highest BCUT2D eigenvalue weighted by molar-refractivity contribution is 5.79. The van der Waals surface area contributed by atoms with E-state index in [1.807, 2.05) is 30.3 Å². The van der Waals surface area contributed by atoms with Gasteiger partial charge in [0.25, 0.3) is 0 Å². The number of benzene rings is 1. The molecule has 0 spiro atoms. The van der Waals surface area contributed by atoms with Gasteiger partial charge in [0, 0.05) is 45.3 Å². The fraction of sp³-hybridized carbons (Fsp3) is 0.650. The van der Waals surface area contributed by atoms with Gasteiger partial charge in [0.1, 0.15) is 5.75 Å². The normalized spacial score (nSPS) is 20.2. The molecule has 0 saturated carbocycles. The molecule has 0 unspecified atom stereocenters. The van der Waals surface area contributed by atoms with Gasteiger partial charge in [-0.15, -0.1) is 0 Å². The first-order valence-electron chi connectivity index (χ1n) is 9.59. The summed E-state index contributed by atoms with van der Waals surface area (Å²) in [5, 5.41) is 0. The molecular weight excluding hydrogens is 316 g/mol. The Morgan fingerprint density at radius 1 is 1.08 bits per heavy atom. The molecule has 0 bridgehead atoms. The molecule has 2 aliphatic rings. The quantitative estimate of drug-likeness (QED) is 0.742. The minimum Gasteiger partial charge on any atom is -0.494 e. The van der Waals surface area contributed by atoms with Crippen LogP contribution in [0.3, 0.4) is 0 Å². The number of hydrogen-bond acceptors (Lipinski definition) is 4. The van der Waals surface area contributed by atoms with Crippen molar-refractivity contribution in [1.29, 1.82) is 0 Å². The van der Waals surface area contributed by atoms with Crippen LogP contribution in [0, 0.1) is 5.92 Å². The lowest BCUT2D eigenvalue weighted by Gasteiger charge is -2.28. The standard InChI is InChI=1S/C20H30N2O3/c23-20(18-8-16-24-17-9-18)22-12-4-10-21(13-14-22)11-5-15-25-19-6-2-1-3-7-19/h1-3,6-7,18H,4-5,8-17H2. The highest BCUT2D eigenvalue weighted by Crippen LogP contribution is 2.19. The Labute approximate surface area is 150 Å². The zero-order valence-corrected chi connectivity index (χ0v) is 15.1. The molecule has 1 aromatic carbocycles. The molecule has 2 aliphatic heterocycles. The second-order valence-corrected chi connectivity index (χ2v) is 6.92. The lowest BCUT2D eigenvalue weighted by Crippen LogP contribution is -2.40. The maximum atomic E-state index is 12.7. The Bertz CT molecular complexity index is 517. The van der Waals surface area contributed by atoms with Crippen LogP contribution < -0.4 is 4.74 Å². The third-order valence-corrected chi connectivity index (χ3v) is 5.10. The molecule has 0 atom stereocenters. The Morgan fingerprint density at radius 3 is 2.68 bits per heavy atom. The van der Waals surface area contributed by atoms with Gasteiger partial charge in [0.05, 0.1) is 6.61 Å². The van der Waals surface area contributed by atoms with Crippen molar-refractivity contribution in [2.45, 2.75) is 25.7 Å². The van der Waals surface area contributed by atoms with Gasteiger partial charge >= 0.3 is 0 Å². The van der Waals surface area contributed by atoms with E-state index in [0.29, 0.717) is 5.91 Å². The molecule has 0 aliphatic carbocycles. The highest BCUT2D eigenvalue weighted by atomic mass is 16.5. The zero-order chi connectivity index (χ0) is 17.3. The maximum absolute atomic E-state index is 12.7. The van der Waals surface area contributed by atoms with Gasteiger partial charge in [-0.25, -0.2) is 0 Å². The monoisotopic (exact) mass is 346 g/mol. The molecule has 5 heteroatoms. The Hall–Kier alpha value is -1.59. The molecule has 1 amide bonds. The van der Waals surface area contributed by atoms with Gasteiger partial charge in [0.2, 0.25) is 5.91 Å². The Kier molecular flexibility index (Phi) is 7.12. The molecule has 3 rings (SSSR count). The molecule has 5 nitrogen and oxygen atoms in total. The van der Waals surface area contributed by atoms with Crippen LogP contribution in [0.1, 0.15) is 25.7 Å². The van der Waals surface area contributed by atoms with Crippen LogP contribution in [0.15, 0.2) is 30.3 Å². The molecule has 0 aromatic heterocycles. The summed E-state index contributed by atoms with van der Waals surface area (Å²) >= 11 is 0. The Morgan fingerprint density at radius 2 is 1.88 bits per heavy atom. The molecule has 1 aromatic rings. The number of nitrogens with zero attached hydrogens (tertiary/aromatic N) is 2. The topological polar surface area (TPSA) is 42.0 Å². The van der Waals surface area contributed by atoms with Crippen molar-refractivity contribution < 1.29 is 14.3 Å². The number of carbonyl (C=O) groups excluding carboxylic acids is 1. The molecular formula is C20H30N2O3. The number of amides is 1. The summed E-state index contributed by atoms with van der Waals surface area (Å²) in [6.07, 6.45) is 3.85. The first kappa shape index (κ1) is 18.2. The van der Waals surface area contributed by atoms with Crippen molar-refractivity contribution in [1.82, 2.24) is 9.80 Å². The van der Waals surface area contributed by atoms with Gasteiger partial charge in [0.15, 0.2) is 0 Å². The lowest BCUT2D eigenvalue weighted by molar-refractivity contribution is -0.138. The van der Waals surface area contributed by atoms with Gasteiger partial charge in [-0.3, -0.25) is 4.79 Å². The summed E-state index contributed by atoms with van der Waals surface area (Å²) in [4.78, 5) is 17.2. The van der Waals surface area contributed by atoms with Crippen LogP contribution in [0.4, 0.5) is 0 Å². The van der Waals surface area contributed by atoms with Gasteiger partial charge in [-0.1, -0.05) is 18.2 Å². The van der Waals surface area contributed by atoms with Crippen molar-refractivity contribution in [2.75, 3.05) is 52.5 Å². The van der Waals surface area contributed by atoms with Crippen LogP contribution in [0.2, 0.25) is 0 Å². The second-order valence-electron chi connectivity index (χ2n) is 6.92. The van der Waals surface area contributed by atoms with E-state index in [2.05, 4.69) is 9.80 Å². The van der Waals surface area contributed by atoms with Gasteiger partial charge in [-0.05, 0) is 44.4 Å². The predicted octanol–water partition coefficient (Wildman–Crippen LogP) is 2.42. The number of carbonyl (C=O) groups is 1. The first-order valence-corrected chi connectivity index (χ1v) is 9.59. The number of para-hydroxylation sites is 1. The third-order valence-electron chi connectivity index (χ3n) is 5.10. The van der Waals surface area contributed by atoms with Crippen molar-refractivity contribution in [3.63, 3.8) is 0 Å². The number of rotatable bonds is 6. The van der Waals surface area contributed by atoms with Crippen molar-refractivity contribution >= 4 is 5.91 Å². The van der Waals surface area contributed by atoms with E-state index in [4.69, 9.17) is 9.47 Å². The Balaban J connectivity index is 1.35. The van der Waals surface area contributed by atoms with Crippen LogP contribution in [0.5, 0.6) is 5.75 Å². The summed E-state index contributed by atoms with van der Waals surface area (Å²) < 4.78 is 11.1. The molecule has 0 N–H and O–H groups in total. The number of ether oxygens (including phenoxy) is 2. The lowest BCUT2D eigenvalue weighted by atomic mass is 9.98. The van der Waals surface area contributed by atoms with Gasteiger partial charge in [-0.2, -0.15) is 0 Å². The molecule has 2 fully saturated rings. The van der Waals surface area contributed by atoms with Crippen LogP contribution >= 0.6 is 0 Å². The van der Waals surface area contributed by atoms with Crippen molar-refractivity contribution in [3.8, 4) is 5.75 Å². The summed E-state index contributed by atoms with van der Waals surface area (Å²) in [6, 6.07) is 9.97. The molecule has 2 heterocycles. The molecule has 2 saturated heterocycles. The fourth-order valence-electron chi connectivity index (χ4n) is 3.61. The van der Waals surface area contributed by atoms with E-state index in [9.17, 15) is 4.79 Å². The smallest absolute Gasteiger partial charge is 0.225 e. The second kappa shape index (κ2) is 9.78. The highest BCUT2D eigenvalue weighted by Gasteiger charge is 2.27. The number of hydrogen-bond donors (Lipinski definition) is 0. The minimum absolute atomic E-state index is 0.180. The van der Waals surface area contributed by atoms with E-state index >= 15 is 0 Å². The predicted molar refractivity (Wildman–Crippen MR) is 97.7 cm³/mol. The largest absolute Gasteiger partial charge is 0.494 e. The summed E-state index contributed by atoms with van der Waals surface area (Å²) in [5.41, 5.74) is 0. The van der Waals surface area contributed by atoms with E-state index < -0.39 is 0 Å². The van der Waals surface area contributed by atoms with Crippen LogP contribution in [-0.2, 0) is 9.53 Å². The van der Waals surface area contributed by atoms with Gasteiger partial charge < -0.3 is 19.3 Å². The summed E-state index contributed by atoms with van der Waals surface area (Å²) in [6.45, 7) is 7.04. The van der Waals surface area contributed by atoms with Crippen LogP contribution in [-0.4, -0.2) is 68.3 Å². The first-order chi connectivity index (χ1) is 12.3. The van der Waals surface area contributed by atoms with E-state index in [-0.39, 0.29) is 5.92 Å². The zero-order valence-electron chi connectivity index (χ0n) is 15.1. The van der Waals surface area contributed by atoms with Crippen molar-refractivity contribution in [3.05, 3.63) is 30.3 Å². The van der Waals surface area contributed by atoms with E-state index in [1.54, 1.807) is 0 Å². The third kappa shape index (κ3) is 5.72. The maximum Gasteiger partial charge on any atom is 0.225 e. The SMILES string of the molecule is O=C(C1CCOCC1)N1CCCN(CCCOc2ccccc2)CC1. The summed E-state index contributed by atoms with van der Waals surface area (Å²) in [5.74, 6) is 1.46. The van der Waals surface area contributed by atoms with Crippen molar-refractivity contribution in [2.24, 2.45) is 5.92 Å². The van der Waals surface area contributed by atoms with E-state index in [0.717, 1.165) is 84.0 Å². The average molecular weight is 346 g/mol. The minimum atomic E-state index is 0.180. The summed E-state index contributed by atoms with van der Waals surface area (Å²) in [7, 11) is 0. The van der Waals surface area contributed by atoms with Crippen LogP contribution in [0.25, 0.3) is 0 Å². The fourth-order valence-corrected chi connectivity index (χ4v) is 3.61. The molecule has 25 heavy (non-hydrogen) atoms. The molecule has 138 valence electrons. The average Bonchev–Trinajstić information content (AvgIpc) is 2.92.